The fourth-order valence-corrected chi connectivity index (χ4v) is 4.60. The molecule has 1 unspecified atom stereocenters. The Balaban J connectivity index is 1.87. The van der Waals surface area contributed by atoms with Gasteiger partial charge in [0, 0.05) is 11.1 Å². The number of amides is 1. The lowest BCUT2D eigenvalue weighted by Gasteiger charge is -2.14. The first kappa shape index (κ1) is 21.5. The molecule has 154 valence electrons. The van der Waals surface area contributed by atoms with Gasteiger partial charge in [-0.3, -0.25) is 4.79 Å². The Kier molecular flexibility index (Phi) is 6.50. The van der Waals surface area contributed by atoms with Gasteiger partial charge in [-0.15, -0.1) is 11.3 Å². The second-order valence-corrected chi connectivity index (χ2v) is 9.36. The lowest BCUT2D eigenvalue weighted by atomic mass is 9.98. The SMILES string of the molecule is Cc1ccc(S(=O)(=O)Oc2ccccc2)c(CC(C#N)C(=O)Nc2ncc(C)s2)c1. The second kappa shape index (κ2) is 9.07. The number of benzene rings is 2. The fraction of sp³-hybridized carbons (Fsp3) is 0.190. The molecular formula is C21H19N3O4S2. The first-order chi connectivity index (χ1) is 14.3. The summed E-state index contributed by atoms with van der Waals surface area (Å²) >= 11 is 1.29. The standard InChI is InChI=1S/C21H19N3O4S2/c1-14-8-9-19(30(26,27)28-18-6-4-3-5-7-18)16(10-14)11-17(12-22)20(25)24-21-23-13-15(2)29-21/h3-10,13,17H,11H2,1-2H3,(H,23,24,25). The molecular weight excluding hydrogens is 422 g/mol. The topological polar surface area (TPSA) is 109 Å². The third-order valence-corrected chi connectivity index (χ3v) is 6.36. The molecule has 0 aliphatic rings. The number of aromatic nitrogens is 1. The number of hydrogen-bond donors (Lipinski definition) is 1. The van der Waals surface area contributed by atoms with Gasteiger partial charge in [0.2, 0.25) is 5.91 Å². The van der Waals surface area contributed by atoms with E-state index in [4.69, 9.17) is 4.18 Å². The number of carbonyl (C=O) groups is 1. The molecule has 0 aliphatic heterocycles. The van der Waals surface area contributed by atoms with Crippen LogP contribution < -0.4 is 9.50 Å². The highest BCUT2D eigenvalue weighted by Crippen LogP contribution is 2.25. The first-order valence-corrected chi connectivity index (χ1v) is 11.2. The Morgan fingerprint density at radius 3 is 2.60 bits per heavy atom. The summed E-state index contributed by atoms with van der Waals surface area (Å²) in [6, 6.07) is 14.8. The van der Waals surface area contributed by atoms with E-state index in [0.717, 1.165) is 10.4 Å². The second-order valence-electron chi connectivity index (χ2n) is 6.61. The van der Waals surface area contributed by atoms with Crippen molar-refractivity contribution in [3.8, 4) is 11.8 Å². The summed E-state index contributed by atoms with van der Waals surface area (Å²) in [5.41, 5.74) is 1.14. The molecule has 1 N–H and O–H groups in total. The monoisotopic (exact) mass is 441 g/mol. The molecule has 9 heteroatoms. The highest BCUT2D eigenvalue weighted by molar-refractivity contribution is 7.87. The van der Waals surface area contributed by atoms with E-state index in [1.165, 1.54) is 29.5 Å². The van der Waals surface area contributed by atoms with Gasteiger partial charge in [0.1, 0.15) is 16.6 Å². The van der Waals surface area contributed by atoms with Crippen molar-refractivity contribution in [3.05, 3.63) is 70.7 Å². The molecule has 1 amide bonds. The summed E-state index contributed by atoms with van der Waals surface area (Å²) in [7, 11) is -4.15. The van der Waals surface area contributed by atoms with Gasteiger partial charge in [-0.2, -0.15) is 13.7 Å². The smallest absolute Gasteiger partial charge is 0.339 e. The zero-order chi connectivity index (χ0) is 21.7. The van der Waals surface area contributed by atoms with Crippen molar-refractivity contribution in [1.29, 1.82) is 5.26 Å². The molecule has 0 aliphatic carbocycles. The summed E-state index contributed by atoms with van der Waals surface area (Å²) in [6.07, 6.45) is 1.54. The highest BCUT2D eigenvalue weighted by atomic mass is 32.2. The third-order valence-electron chi connectivity index (χ3n) is 4.18. The molecule has 1 aromatic heterocycles. The van der Waals surface area contributed by atoms with Crippen LogP contribution in [-0.4, -0.2) is 19.3 Å². The number of nitrogens with zero attached hydrogens (tertiary/aromatic N) is 2. The molecule has 2 aromatic carbocycles. The summed E-state index contributed by atoms with van der Waals surface area (Å²) in [6.45, 7) is 3.66. The Morgan fingerprint density at radius 2 is 1.97 bits per heavy atom. The quantitative estimate of drug-likeness (QED) is 0.558. The molecule has 0 radical (unpaired) electrons. The van der Waals surface area contributed by atoms with Crippen molar-refractivity contribution in [2.45, 2.75) is 25.2 Å². The van der Waals surface area contributed by atoms with Crippen LogP contribution in [0.2, 0.25) is 0 Å². The molecule has 0 saturated heterocycles. The van der Waals surface area contributed by atoms with E-state index in [9.17, 15) is 18.5 Å². The molecule has 7 nitrogen and oxygen atoms in total. The van der Waals surface area contributed by atoms with Gasteiger partial charge < -0.3 is 9.50 Å². The average Bonchev–Trinajstić information content (AvgIpc) is 3.10. The van der Waals surface area contributed by atoms with Crippen LogP contribution in [0.25, 0.3) is 0 Å². The highest BCUT2D eigenvalue weighted by Gasteiger charge is 2.26. The predicted octanol–water partition coefficient (Wildman–Crippen LogP) is 3.85. The number of rotatable bonds is 7. The minimum Gasteiger partial charge on any atom is -0.379 e. The zero-order valence-electron chi connectivity index (χ0n) is 16.3. The molecule has 0 saturated carbocycles. The molecule has 3 aromatic rings. The van der Waals surface area contributed by atoms with E-state index in [2.05, 4.69) is 10.3 Å². The van der Waals surface area contributed by atoms with E-state index in [1.807, 2.05) is 13.0 Å². The van der Waals surface area contributed by atoms with E-state index < -0.39 is 21.9 Å². The van der Waals surface area contributed by atoms with Crippen LogP contribution in [0.1, 0.15) is 16.0 Å². The molecule has 1 atom stereocenters. The maximum atomic E-state index is 12.9. The van der Waals surface area contributed by atoms with Crippen molar-refractivity contribution in [2.24, 2.45) is 5.92 Å². The Morgan fingerprint density at radius 1 is 1.23 bits per heavy atom. The van der Waals surface area contributed by atoms with Crippen molar-refractivity contribution in [1.82, 2.24) is 4.98 Å². The summed E-state index contributed by atoms with van der Waals surface area (Å²) in [5, 5.41) is 12.5. The minimum absolute atomic E-state index is 0.0740. The van der Waals surface area contributed by atoms with Gasteiger partial charge in [-0.05, 0) is 44.0 Å². The van der Waals surface area contributed by atoms with E-state index in [1.54, 1.807) is 43.5 Å². The van der Waals surface area contributed by atoms with Gasteiger partial charge >= 0.3 is 10.1 Å². The Bertz CT molecular complexity index is 1200. The summed E-state index contributed by atoms with van der Waals surface area (Å²) in [4.78, 5) is 17.5. The van der Waals surface area contributed by atoms with Gasteiger partial charge in [0.25, 0.3) is 0 Å². The van der Waals surface area contributed by atoms with E-state index in [0.29, 0.717) is 10.7 Å². The van der Waals surface area contributed by atoms with Crippen molar-refractivity contribution in [2.75, 3.05) is 5.32 Å². The fourth-order valence-electron chi connectivity index (χ4n) is 2.78. The molecule has 0 fully saturated rings. The van der Waals surface area contributed by atoms with Crippen molar-refractivity contribution >= 4 is 32.5 Å². The molecule has 0 bridgehead atoms. The Labute approximate surface area is 179 Å². The van der Waals surface area contributed by atoms with Gasteiger partial charge in [-0.25, -0.2) is 4.98 Å². The normalized spacial score (nSPS) is 12.0. The van der Waals surface area contributed by atoms with Crippen LogP contribution >= 0.6 is 11.3 Å². The van der Waals surface area contributed by atoms with Crippen LogP contribution in [0.5, 0.6) is 5.75 Å². The predicted molar refractivity (Wildman–Crippen MR) is 114 cm³/mol. The number of aryl methyl sites for hydroxylation is 2. The van der Waals surface area contributed by atoms with Crippen molar-refractivity contribution < 1.29 is 17.4 Å². The van der Waals surface area contributed by atoms with Crippen LogP contribution in [-0.2, 0) is 21.3 Å². The Hall–Kier alpha value is -3.22. The van der Waals surface area contributed by atoms with Crippen molar-refractivity contribution in [3.63, 3.8) is 0 Å². The number of anilines is 1. The van der Waals surface area contributed by atoms with Crippen LogP contribution in [0.15, 0.2) is 59.6 Å². The summed E-state index contributed by atoms with van der Waals surface area (Å²) < 4.78 is 30.9. The molecule has 30 heavy (non-hydrogen) atoms. The van der Waals surface area contributed by atoms with Crippen LogP contribution in [0.4, 0.5) is 5.13 Å². The van der Waals surface area contributed by atoms with Gasteiger partial charge in [0.15, 0.2) is 5.13 Å². The summed E-state index contributed by atoms with van der Waals surface area (Å²) in [5.74, 6) is -1.46. The number of hydrogen-bond acceptors (Lipinski definition) is 7. The number of nitriles is 1. The van der Waals surface area contributed by atoms with E-state index >= 15 is 0 Å². The number of para-hydroxylation sites is 1. The molecule has 1 heterocycles. The zero-order valence-corrected chi connectivity index (χ0v) is 18.0. The lowest BCUT2D eigenvalue weighted by molar-refractivity contribution is -0.118. The minimum atomic E-state index is -4.15. The number of nitrogens with one attached hydrogen (secondary N) is 1. The largest absolute Gasteiger partial charge is 0.379 e. The molecule has 3 rings (SSSR count). The average molecular weight is 442 g/mol. The van der Waals surface area contributed by atoms with Gasteiger partial charge in [-0.1, -0.05) is 35.9 Å². The maximum absolute atomic E-state index is 12.9. The third kappa shape index (κ3) is 5.23. The van der Waals surface area contributed by atoms with Crippen LogP contribution in [0, 0.1) is 31.1 Å². The number of carbonyl (C=O) groups excluding carboxylic acids is 1. The lowest BCUT2D eigenvalue weighted by Crippen LogP contribution is -2.24. The van der Waals surface area contributed by atoms with E-state index in [-0.39, 0.29) is 17.1 Å². The first-order valence-electron chi connectivity index (χ1n) is 9.00. The molecule has 0 spiro atoms. The maximum Gasteiger partial charge on any atom is 0.339 e. The number of thiazole rings is 1. The van der Waals surface area contributed by atoms with Crippen LogP contribution in [0.3, 0.4) is 0 Å². The van der Waals surface area contributed by atoms with Gasteiger partial charge in [0.05, 0.1) is 6.07 Å².